The Labute approximate surface area is 178 Å². The van der Waals surface area contributed by atoms with Gasteiger partial charge in [0.2, 0.25) is 5.91 Å². The number of fused-ring (bicyclic) bond motifs is 1. The number of likely N-dealkylation sites (N-methyl/N-ethyl adjacent to an activating group) is 1. The van der Waals surface area contributed by atoms with E-state index in [9.17, 15) is 4.79 Å². The molecular weight excluding hydrogens is 392 g/mol. The number of rotatable bonds is 4. The summed E-state index contributed by atoms with van der Waals surface area (Å²) in [6.45, 7) is 2.76. The lowest BCUT2D eigenvalue weighted by Crippen LogP contribution is -2.24. The molecule has 0 aromatic carbocycles. The highest BCUT2D eigenvalue weighted by molar-refractivity contribution is 5.94. The number of aryl methyl sites for hydroxylation is 1. The van der Waals surface area contributed by atoms with Gasteiger partial charge in [-0.1, -0.05) is 0 Å². The van der Waals surface area contributed by atoms with Crippen molar-refractivity contribution in [3.63, 3.8) is 0 Å². The van der Waals surface area contributed by atoms with Crippen molar-refractivity contribution in [3.8, 4) is 11.3 Å². The summed E-state index contributed by atoms with van der Waals surface area (Å²) in [4.78, 5) is 27.2. The van der Waals surface area contributed by atoms with Crippen LogP contribution in [0.4, 0.5) is 17.3 Å². The number of nitrogens with one attached hydrogen (secondary N) is 1. The monoisotopic (exact) mass is 414 g/mol. The normalized spacial score (nSPS) is 16.3. The maximum atomic E-state index is 12.2. The molecule has 1 fully saturated rings. The fourth-order valence-electron chi connectivity index (χ4n) is 3.88. The third-order valence-corrected chi connectivity index (χ3v) is 5.65. The Hall–Kier alpha value is -4.01. The molecule has 0 saturated carbocycles. The van der Waals surface area contributed by atoms with Gasteiger partial charge in [0.15, 0.2) is 0 Å². The van der Waals surface area contributed by atoms with Crippen molar-refractivity contribution in [2.45, 2.75) is 19.4 Å². The summed E-state index contributed by atoms with van der Waals surface area (Å²) in [6.07, 6.45) is 9.54. The molecule has 0 unspecified atom stereocenters. The van der Waals surface area contributed by atoms with E-state index >= 15 is 0 Å². The molecule has 9 heteroatoms. The molecule has 4 aromatic heterocycles. The number of pyridine rings is 3. The lowest BCUT2D eigenvalue weighted by molar-refractivity contribution is -0.129. The zero-order valence-corrected chi connectivity index (χ0v) is 17.3. The lowest BCUT2D eigenvalue weighted by atomic mass is 10.1. The van der Waals surface area contributed by atoms with Gasteiger partial charge in [-0.05, 0) is 42.5 Å². The second kappa shape index (κ2) is 7.35. The van der Waals surface area contributed by atoms with Crippen LogP contribution in [0.1, 0.15) is 18.0 Å². The van der Waals surface area contributed by atoms with Crippen molar-refractivity contribution in [2.75, 3.05) is 24.6 Å². The van der Waals surface area contributed by atoms with Gasteiger partial charge in [0.25, 0.3) is 0 Å². The predicted octanol–water partition coefficient (Wildman–Crippen LogP) is 2.93. The average molecular weight is 414 g/mol. The highest BCUT2D eigenvalue weighted by atomic mass is 16.2. The van der Waals surface area contributed by atoms with E-state index in [0.29, 0.717) is 11.6 Å². The number of carbonyl (C=O) groups excluding carboxylic acids is 1. The van der Waals surface area contributed by atoms with Gasteiger partial charge in [-0.25, -0.2) is 9.97 Å². The van der Waals surface area contributed by atoms with Crippen LogP contribution < -0.4 is 11.1 Å². The molecule has 1 aliphatic rings. The largest absolute Gasteiger partial charge is 0.383 e. The second-order valence-electron chi connectivity index (χ2n) is 7.77. The molecule has 1 saturated heterocycles. The van der Waals surface area contributed by atoms with Gasteiger partial charge in [-0.15, -0.1) is 0 Å². The molecule has 156 valence electrons. The van der Waals surface area contributed by atoms with Crippen LogP contribution in [-0.2, 0) is 4.79 Å². The predicted molar refractivity (Wildman–Crippen MR) is 119 cm³/mol. The number of hydrogen-bond donors (Lipinski definition) is 2. The Balaban J connectivity index is 1.45. The molecular formula is C22H22N8O. The van der Waals surface area contributed by atoms with Crippen molar-refractivity contribution < 1.29 is 4.79 Å². The molecule has 9 nitrogen and oxygen atoms in total. The van der Waals surface area contributed by atoms with Crippen LogP contribution in [0.2, 0.25) is 0 Å². The first-order valence-electron chi connectivity index (χ1n) is 10.0. The van der Waals surface area contributed by atoms with Gasteiger partial charge >= 0.3 is 0 Å². The fraction of sp³-hybridized carbons (Fsp3) is 0.227. The van der Waals surface area contributed by atoms with Gasteiger partial charge < -0.3 is 16.0 Å². The SMILES string of the molecule is Cc1ccncc1-c1cc2cc(Nc3cnn([C@H]4CCN(C)C4=O)c3)ncc2c(N)n1. The molecule has 1 aliphatic heterocycles. The molecule has 0 spiro atoms. The summed E-state index contributed by atoms with van der Waals surface area (Å²) in [7, 11) is 1.81. The van der Waals surface area contributed by atoms with E-state index in [4.69, 9.17) is 5.73 Å². The first kappa shape index (κ1) is 19.0. The summed E-state index contributed by atoms with van der Waals surface area (Å²) in [5.74, 6) is 1.16. The summed E-state index contributed by atoms with van der Waals surface area (Å²) < 4.78 is 1.71. The first-order chi connectivity index (χ1) is 15.0. The highest BCUT2D eigenvalue weighted by Crippen LogP contribution is 2.29. The molecule has 0 radical (unpaired) electrons. The molecule has 5 heterocycles. The minimum atomic E-state index is -0.249. The average Bonchev–Trinajstić information content (AvgIpc) is 3.34. The topological polar surface area (TPSA) is 115 Å². The summed E-state index contributed by atoms with van der Waals surface area (Å²) >= 11 is 0. The minimum Gasteiger partial charge on any atom is -0.383 e. The van der Waals surface area contributed by atoms with E-state index in [1.54, 1.807) is 34.4 Å². The van der Waals surface area contributed by atoms with Crippen LogP contribution >= 0.6 is 0 Å². The Morgan fingerprint density at radius 1 is 1.23 bits per heavy atom. The molecule has 31 heavy (non-hydrogen) atoms. The van der Waals surface area contributed by atoms with Crippen LogP contribution in [0.15, 0.2) is 49.2 Å². The quantitative estimate of drug-likeness (QED) is 0.527. The second-order valence-corrected chi connectivity index (χ2v) is 7.77. The van der Waals surface area contributed by atoms with Crippen molar-refractivity contribution in [1.29, 1.82) is 0 Å². The minimum absolute atomic E-state index is 0.0830. The Morgan fingerprint density at radius 3 is 2.87 bits per heavy atom. The lowest BCUT2D eigenvalue weighted by Gasteiger charge is -2.10. The Bertz CT molecular complexity index is 1300. The fourth-order valence-corrected chi connectivity index (χ4v) is 3.88. The van der Waals surface area contributed by atoms with E-state index in [0.717, 1.165) is 46.2 Å². The number of aromatic nitrogens is 5. The van der Waals surface area contributed by atoms with Gasteiger partial charge in [0.1, 0.15) is 17.7 Å². The Kier molecular flexibility index (Phi) is 4.50. The number of likely N-dealkylation sites (tertiary alicyclic amines) is 1. The maximum Gasteiger partial charge on any atom is 0.247 e. The van der Waals surface area contributed by atoms with E-state index in [1.807, 2.05) is 38.4 Å². The zero-order valence-electron chi connectivity index (χ0n) is 17.3. The smallest absolute Gasteiger partial charge is 0.247 e. The van der Waals surface area contributed by atoms with Crippen molar-refractivity contribution in [3.05, 3.63) is 54.7 Å². The van der Waals surface area contributed by atoms with Crippen LogP contribution in [-0.4, -0.2) is 49.1 Å². The third kappa shape index (κ3) is 3.43. The molecule has 0 bridgehead atoms. The van der Waals surface area contributed by atoms with E-state index in [-0.39, 0.29) is 11.9 Å². The van der Waals surface area contributed by atoms with E-state index in [2.05, 4.69) is 25.4 Å². The van der Waals surface area contributed by atoms with E-state index < -0.39 is 0 Å². The number of nitrogens with two attached hydrogens (primary N) is 1. The van der Waals surface area contributed by atoms with Gasteiger partial charge in [0.05, 0.1) is 17.6 Å². The van der Waals surface area contributed by atoms with Gasteiger partial charge in [-0.3, -0.25) is 14.5 Å². The standard InChI is InChI=1S/C22H22N8O/c1-13-3-5-24-10-16(13)18-7-14-8-20(25-11-17(14)21(23)28-18)27-15-9-26-30(12-15)19-4-6-29(2)22(19)31/h3,5,7-12,19H,4,6H2,1-2H3,(H2,23,28)(H,25,27)/t19-/m0/s1. The van der Waals surface area contributed by atoms with E-state index in [1.165, 1.54) is 0 Å². The van der Waals surface area contributed by atoms with Crippen molar-refractivity contribution in [2.24, 2.45) is 0 Å². The molecule has 1 amide bonds. The zero-order chi connectivity index (χ0) is 21.5. The number of nitrogen functional groups attached to an aromatic ring is 1. The Morgan fingerprint density at radius 2 is 2.10 bits per heavy atom. The molecule has 1 atom stereocenters. The number of hydrogen-bond acceptors (Lipinski definition) is 7. The summed E-state index contributed by atoms with van der Waals surface area (Å²) in [6, 6.07) is 5.61. The van der Waals surface area contributed by atoms with Crippen molar-refractivity contribution in [1.82, 2.24) is 29.6 Å². The molecule has 0 aliphatic carbocycles. The van der Waals surface area contributed by atoms with Crippen LogP contribution in [0.25, 0.3) is 22.0 Å². The molecule has 5 rings (SSSR count). The third-order valence-electron chi connectivity index (χ3n) is 5.65. The van der Waals surface area contributed by atoms with Gasteiger partial charge in [0, 0.05) is 49.3 Å². The number of amides is 1. The molecule has 4 aromatic rings. The van der Waals surface area contributed by atoms with Gasteiger partial charge in [-0.2, -0.15) is 5.10 Å². The van der Waals surface area contributed by atoms with Crippen LogP contribution in [0.3, 0.4) is 0 Å². The van der Waals surface area contributed by atoms with Crippen molar-refractivity contribution >= 4 is 34.0 Å². The highest BCUT2D eigenvalue weighted by Gasteiger charge is 2.31. The summed E-state index contributed by atoms with van der Waals surface area (Å²) in [5, 5.41) is 9.33. The molecule has 3 N–H and O–H groups in total. The van der Waals surface area contributed by atoms with Crippen LogP contribution in [0, 0.1) is 6.92 Å². The number of anilines is 3. The first-order valence-corrected chi connectivity index (χ1v) is 10.0. The number of nitrogens with zero attached hydrogens (tertiary/aromatic N) is 6. The maximum absolute atomic E-state index is 12.2. The number of carbonyl (C=O) groups is 1. The summed E-state index contributed by atoms with van der Waals surface area (Å²) in [5.41, 5.74) is 9.75. The van der Waals surface area contributed by atoms with Crippen LogP contribution in [0.5, 0.6) is 0 Å².